The van der Waals surface area contributed by atoms with Crippen LogP contribution in [0, 0.1) is 0 Å². The van der Waals surface area contributed by atoms with Crippen molar-refractivity contribution in [3.63, 3.8) is 0 Å². The van der Waals surface area contributed by atoms with Gasteiger partial charge in [-0.3, -0.25) is 4.84 Å². The predicted molar refractivity (Wildman–Crippen MR) is 41.9 cm³/mol. The highest BCUT2D eigenvalue weighted by atomic mass is 16.7. The van der Waals surface area contributed by atoms with Gasteiger partial charge in [0.1, 0.15) is 0 Å². The van der Waals surface area contributed by atoms with E-state index in [1.165, 1.54) is 7.11 Å². The fourth-order valence-corrected chi connectivity index (χ4v) is 0.603. The minimum absolute atomic E-state index is 0.889. The van der Waals surface area contributed by atoms with E-state index in [2.05, 4.69) is 10.2 Å². The summed E-state index contributed by atoms with van der Waals surface area (Å²) >= 11 is 0. The molecule has 1 aliphatic rings. The lowest BCUT2D eigenvalue weighted by atomic mass is 10.5. The highest BCUT2D eigenvalue weighted by Crippen LogP contribution is 1.76. The van der Waals surface area contributed by atoms with Gasteiger partial charge < -0.3 is 15.2 Å². The van der Waals surface area contributed by atoms with E-state index in [0.717, 1.165) is 26.3 Å². The first-order valence-corrected chi connectivity index (χ1v) is 3.57. The smallest absolute Gasteiger partial charge is 0.428 e. The highest BCUT2D eigenvalue weighted by Gasteiger charge is 1.92. The Hall–Kier alpha value is -0.850. The Kier molecular flexibility index (Phi) is 7.66. The van der Waals surface area contributed by atoms with Gasteiger partial charge in [-0.1, -0.05) is 0 Å². The number of hydrogen-bond donors (Lipinski definition) is 3. The van der Waals surface area contributed by atoms with Gasteiger partial charge in [0.2, 0.25) is 0 Å². The molecule has 1 fully saturated rings. The van der Waals surface area contributed by atoms with Crippen molar-refractivity contribution < 1.29 is 19.5 Å². The second-order valence-electron chi connectivity index (χ2n) is 1.97. The maximum Gasteiger partial charge on any atom is 0.428 e. The molecule has 6 nitrogen and oxygen atoms in total. The van der Waals surface area contributed by atoms with Crippen LogP contribution in [0.3, 0.4) is 0 Å². The molecule has 0 aromatic carbocycles. The number of nitrogens with one attached hydrogen (secondary N) is 2. The quantitative estimate of drug-likeness (QED) is 0.468. The predicted octanol–water partition coefficient (Wildman–Crippen LogP) is -0.578. The third-order valence-electron chi connectivity index (χ3n) is 1.04. The van der Waals surface area contributed by atoms with Gasteiger partial charge in [0.15, 0.2) is 0 Å². The average molecular weight is 178 g/mol. The van der Waals surface area contributed by atoms with Crippen LogP contribution in [0.15, 0.2) is 0 Å². The number of morpholine rings is 1. The van der Waals surface area contributed by atoms with Crippen LogP contribution in [0.5, 0.6) is 0 Å². The fourth-order valence-electron chi connectivity index (χ4n) is 0.603. The Morgan fingerprint density at radius 1 is 1.58 bits per heavy atom. The lowest BCUT2D eigenvalue weighted by molar-refractivity contribution is 0.0805. The van der Waals surface area contributed by atoms with Gasteiger partial charge in [-0.25, -0.2) is 10.3 Å². The normalized spacial score (nSPS) is 15.8. The first-order valence-electron chi connectivity index (χ1n) is 3.57. The standard InChI is InChI=1S/C4H9NO.C2H5NO3/c1-3-6-4-2-5-1;1-6-3-2(4)5/h5H,1-4H2;3H,1H3,(H,4,5). The van der Waals surface area contributed by atoms with Crippen molar-refractivity contribution in [1.82, 2.24) is 10.8 Å². The molecule has 0 radical (unpaired) electrons. The molecule has 0 aromatic rings. The summed E-state index contributed by atoms with van der Waals surface area (Å²) in [4.78, 5) is 13.3. The molecule has 72 valence electrons. The molecule has 0 atom stereocenters. The molecule has 1 aliphatic heterocycles. The highest BCUT2D eigenvalue weighted by molar-refractivity contribution is 5.62. The van der Waals surface area contributed by atoms with Crippen LogP contribution in [0.2, 0.25) is 0 Å². The van der Waals surface area contributed by atoms with Gasteiger partial charge in [0, 0.05) is 13.1 Å². The minimum atomic E-state index is -1.18. The molecule has 12 heavy (non-hydrogen) atoms. The molecule has 0 spiro atoms. The molecule has 1 saturated heterocycles. The number of carboxylic acid groups (broad SMARTS) is 1. The first kappa shape index (κ1) is 11.2. The van der Waals surface area contributed by atoms with Crippen LogP contribution in [0.4, 0.5) is 4.79 Å². The first-order chi connectivity index (χ1) is 5.77. The van der Waals surface area contributed by atoms with Crippen molar-refractivity contribution in [3.8, 4) is 0 Å². The summed E-state index contributed by atoms with van der Waals surface area (Å²) in [6.07, 6.45) is -1.18. The van der Waals surface area contributed by atoms with Crippen molar-refractivity contribution >= 4 is 6.09 Å². The molecule has 0 aromatic heterocycles. The molecule has 1 heterocycles. The average Bonchev–Trinajstić information content (AvgIpc) is 2.08. The maximum atomic E-state index is 9.36. The zero-order valence-corrected chi connectivity index (χ0v) is 7.00. The molecular weight excluding hydrogens is 164 g/mol. The summed E-state index contributed by atoms with van der Waals surface area (Å²) in [5, 5.41) is 10.8. The second kappa shape index (κ2) is 8.25. The lowest BCUT2D eigenvalue weighted by Crippen LogP contribution is -2.30. The van der Waals surface area contributed by atoms with Gasteiger partial charge in [-0.15, -0.1) is 0 Å². The third-order valence-corrected chi connectivity index (χ3v) is 1.04. The zero-order chi connectivity index (χ0) is 9.23. The summed E-state index contributed by atoms with van der Waals surface area (Å²) in [7, 11) is 1.23. The second-order valence-corrected chi connectivity index (χ2v) is 1.97. The van der Waals surface area contributed by atoms with Crippen LogP contribution in [0.1, 0.15) is 0 Å². The largest absolute Gasteiger partial charge is 0.464 e. The Balaban J connectivity index is 0.000000202. The molecule has 0 aliphatic carbocycles. The Morgan fingerprint density at radius 2 is 2.17 bits per heavy atom. The number of ether oxygens (including phenoxy) is 1. The number of rotatable bonds is 1. The summed E-state index contributed by atoms with van der Waals surface area (Å²) in [5.74, 6) is 0. The Morgan fingerprint density at radius 3 is 2.25 bits per heavy atom. The van der Waals surface area contributed by atoms with Gasteiger partial charge in [0.05, 0.1) is 20.3 Å². The number of hydroxylamine groups is 1. The van der Waals surface area contributed by atoms with Crippen molar-refractivity contribution in [2.75, 3.05) is 33.4 Å². The van der Waals surface area contributed by atoms with Crippen molar-refractivity contribution in [1.29, 1.82) is 0 Å². The van der Waals surface area contributed by atoms with E-state index >= 15 is 0 Å². The van der Waals surface area contributed by atoms with Crippen LogP contribution in [-0.2, 0) is 9.57 Å². The fraction of sp³-hybridized carbons (Fsp3) is 0.833. The monoisotopic (exact) mass is 178 g/mol. The van der Waals surface area contributed by atoms with Crippen molar-refractivity contribution in [2.24, 2.45) is 0 Å². The number of carbonyl (C=O) groups is 1. The topological polar surface area (TPSA) is 79.8 Å². The SMILES string of the molecule is C1COCCN1.CONC(=O)O. The van der Waals surface area contributed by atoms with Gasteiger partial charge in [0.25, 0.3) is 0 Å². The van der Waals surface area contributed by atoms with E-state index in [1.54, 1.807) is 5.48 Å². The third kappa shape index (κ3) is 9.15. The summed E-state index contributed by atoms with van der Waals surface area (Å²) in [5.41, 5.74) is 1.62. The van der Waals surface area contributed by atoms with Crippen molar-refractivity contribution in [3.05, 3.63) is 0 Å². The number of hydrogen-bond acceptors (Lipinski definition) is 4. The van der Waals surface area contributed by atoms with E-state index in [4.69, 9.17) is 9.84 Å². The van der Waals surface area contributed by atoms with Crippen LogP contribution < -0.4 is 10.8 Å². The zero-order valence-electron chi connectivity index (χ0n) is 7.00. The summed E-state index contributed by atoms with van der Waals surface area (Å²) in [6.45, 7) is 3.83. The van der Waals surface area contributed by atoms with Crippen LogP contribution >= 0.6 is 0 Å². The molecule has 6 heteroatoms. The van der Waals surface area contributed by atoms with Crippen LogP contribution in [-0.4, -0.2) is 44.6 Å². The van der Waals surface area contributed by atoms with Gasteiger partial charge in [-0.2, -0.15) is 0 Å². The molecular formula is C6H14N2O4. The van der Waals surface area contributed by atoms with E-state index in [0.29, 0.717) is 0 Å². The van der Waals surface area contributed by atoms with E-state index < -0.39 is 6.09 Å². The van der Waals surface area contributed by atoms with Gasteiger partial charge in [-0.05, 0) is 0 Å². The molecule has 0 saturated carbocycles. The lowest BCUT2D eigenvalue weighted by Gasteiger charge is -2.10. The Bertz CT molecular complexity index is 105. The maximum absolute atomic E-state index is 9.36. The Labute approximate surface area is 70.8 Å². The van der Waals surface area contributed by atoms with E-state index in [1.807, 2.05) is 0 Å². The molecule has 1 amide bonds. The van der Waals surface area contributed by atoms with Crippen LogP contribution in [0.25, 0.3) is 0 Å². The van der Waals surface area contributed by atoms with E-state index in [9.17, 15) is 4.79 Å². The molecule has 1 rings (SSSR count). The molecule has 0 bridgehead atoms. The van der Waals surface area contributed by atoms with E-state index in [-0.39, 0.29) is 0 Å². The molecule has 3 N–H and O–H groups in total. The summed E-state index contributed by atoms with van der Waals surface area (Å²) < 4.78 is 5.01. The summed E-state index contributed by atoms with van der Waals surface area (Å²) in [6, 6.07) is 0. The van der Waals surface area contributed by atoms with Crippen molar-refractivity contribution in [2.45, 2.75) is 0 Å². The molecule has 0 unspecified atom stereocenters. The van der Waals surface area contributed by atoms with Gasteiger partial charge >= 0.3 is 6.09 Å². The number of amides is 1. The minimum Gasteiger partial charge on any atom is -0.464 e.